The first-order valence-electron chi connectivity index (χ1n) is 7.26. The van der Waals surface area contributed by atoms with Crippen LogP contribution in [0.25, 0.3) is 0 Å². The van der Waals surface area contributed by atoms with Crippen LogP contribution in [0, 0.1) is 5.41 Å². The summed E-state index contributed by atoms with van der Waals surface area (Å²) in [6.45, 7) is 6.31. The van der Waals surface area contributed by atoms with Crippen LogP contribution in [0.1, 0.15) is 33.6 Å². The monoisotopic (exact) mass is 347 g/mol. The number of aliphatic hydroxyl groups is 1. The molecule has 1 amide bonds. The molecular weight excluding hydrogens is 325 g/mol. The van der Waals surface area contributed by atoms with Crippen LogP contribution in [0.5, 0.6) is 5.75 Å². The molecule has 0 radical (unpaired) electrons. The van der Waals surface area contributed by atoms with Gasteiger partial charge in [0.25, 0.3) is 5.91 Å². The number of ether oxygens (including phenoxy) is 1. The molecule has 0 saturated heterocycles. The van der Waals surface area contributed by atoms with Gasteiger partial charge in [-0.3, -0.25) is 4.79 Å². The van der Waals surface area contributed by atoms with E-state index in [0.717, 1.165) is 12.8 Å². The van der Waals surface area contributed by atoms with Gasteiger partial charge in [0.15, 0.2) is 6.10 Å². The quantitative estimate of drug-likeness (QED) is 0.705. The molecular formula is C16H23Cl2NO3. The summed E-state index contributed by atoms with van der Waals surface area (Å²) in [6, 6.07) is 5.04. The zero-order valence-corrected chi connectivity index (χ0v) is 14.7. The lowest BCUT2D eigenvalue weighted by atomic mass is 9.89. The summed E-state index contributed by atoms with van der Waals surface area (Å²) in [5.74, 6) is 0.177. The van der Waals surface area contributed by atoms with E-state index in [1.54, 1.807) is 25.1 Å². The van der Waals surface area contributed by atoms with Crippen LogP contribution in [0.3, 0.4) is 0 Å². The van der Waals surface area contributed by atoms with Gasteiger partial charge in [-0.1, -0.05) is 43.1 Å². The third kappa shape index (κ3) is 6.03. The maximum Gasteiger partial charge on any atom is 0.260 e. The molecule has 0 heterocycles. The summed E-state index contributed by atoms with van der Waals surface area (Å²) in [7, 11) is 0. The Bertz CT molecular complexity index is 506. The molecule has 0 aliphatic rings. The Labute approximate surface area is 141 Å². The summed E-state index contributed by atoms with van der Waals surface area (Å²) in [5.41, 5.74) is -0.124. The third-order valence-corrected chi connectivity index (χ3v) is 4.15. The van der Waals surface area contributed by atoms with Gasteiger partial charge in [0, 0.05) is 13.2 Å². The molecule has 1 atom stereocenters. The molecule has 6 heteroatoms. The molecule has 1 aromatic rings. The molecule has 0 saturated carbocycles. The van der Waals surface area contributed by atoms with E-state index in [-0.39, 0.29) is 17.9 Å². The molecule has 0 bridgehead atoms. The van der Waals surface area contributed by atoms with Gasteiger partial charge in [-0.25, -0.2) is 0 Å². The predicted molar refractivity (Wildman–Crippen MR) is 89.7 cm³/mol. The number of rotatable bonds is 8. The number of carbonyl (C=O) groups excluding carboxylic acids is 1. The van der Waals surface area contributed by atoms with Crippen LogP contribution in [0.4, 0.5) is 0 Å². The van der Waals surface area contributed by atoms with Crippen molar-refractivity contribution in [2.75, 3.05) is 13.2 Å². The number of aliphatic hydroxyl groups excluding tert-OH is 1. The van der Waals surface area contributed by atoms with Gasteiger partial charge >= 0.3 is 0 Å². The Hall–Kier alpha value is -0.970. The normalized spacial score (nSPS) is 12.8. The van der Waals surface area contributed by atoms with E-state index >= 15 is 0 Å². The van der Waals surface area contributed by atoms with Gasteiger partial charge in [-0.05, 0) is 37.3 Å². The van der Waals surface area contributed by atoms with Gasteiger partial charge < -0.3 is 15.2 Å². The molecule has 2 N–H and O–H groups in total. The second-order valence-corrected chi connectivity index (χ2v) is 6.81. The number of amides is 1. The Morgan fingerprint density at radius 1 is 1.41 bits per heavy atom. The van der Waals surface area contributed by atoms with Crippen molar-refractivity contribution in [3.8, 4) is 5.75 Å². The first-order valence-corrected chi connectivity index (χ1v) is 8.01. The highest BCUT2D eigenvalue weighted by Crippen LogP contribution is 2.32. The number of carbonyl (C=O) groups is 1. The smallest absolute Gasteiger partial charge is 0.260 e. The first kappa shape index (κ1) is 19.1. The molecule has 0 spiro atoms. The standard InChI is InChI=1S/C16H23Cl2NO3/c1-11(22-13-7-4-6-12(17)14(13)18)15(21)19-9-5-8-16(2,3)10-20/h4,6-7,11,20H,5,8-10H2,1-3H3,(H,19,21). The number of hydrogen-bond acceptors (Lipinski definition) is 3. The maximum atomic E-state index is 12.0. The Kier molecular flexibility index (Phi) is 7.46. The highest BCUT2D eigenvalue weighted by molar-refractivity contribution is 6.42. The van der Waals surface area contributed by atoms with E-state index in [9.17, 15) is 9.90 Å². The molecule has 1 rings (SSSR count). The van der Waals surface area contributed by atoms with Crippen molar-refractivity contribution >= 4 is 29.1 Å². The van der Waals surface area contributed by atoms with Crippen LogP contribution < -0.4 is 10.1 Å². The van der Waals surface area contributed by atoms with Gasteiger partial charge in [-0.15, -0.1) is 0 Å². The molecule has 1 unspecified atom stereocenters. The van der Waals surface area contributed by atoms with Crippen molar-refractivity contribution < 1.29 is 14.6 Å². The zero-order valence-electron chi connectivity index (χ0n) is 13.2. The van der Waals surface area contributed by atoms with E-state index in [1.807, 2.05) is 13.8 Å². The Morgan fingerprint density at radius 3 is 2.73 bits per heavy atom. The van der Waals surface area contributed by atoms with E-state index in [2.05, 4.69) is 5.32 Å². The average Bonchev–Trinajstić information content (AvgIpc) is 2.48. The number of nitrogens with one attached hydrogen (secondary N) is 1. The Morgan fingerprint density at radius 2 is 2.09 bits per heavy atom. The maximum absolute atomic E-state index is 12.0. The fourth-order valence-corrected chi connectivity index (χ4v) is 2.16. The van der Waals surface area contributed by atoms with Crippen LogP contribution in [0.2, 0.25) is 10.0 Å². The van der Waals surface area contributed by atoms with Crippen LogP contribution in [-0.2, 0) is 4.79 Å². The van der Waals surface area contributed by atoms with E-state index < -0.39 is 6.10 Å². The third-order valence-electron chi connectivity index (χ3n) is 3.35. The minimum atomic E-state index is -0.665. The SMILES string of the molecule is CC(Oc1cccc(Cl)c1Cl)C(=O)NCCCC(C)(C)CO. The fourth-order valence-electron chi connectivity index (χ4n) is 1.82. The van der Waals surface area contributed by atoms with Crippen LogP contribution >= 0.6 is 23.2 Å². The topological polar surface area (TPSA) is 58.6 Å². The first-order chi connectivity index (χ1) is 10.3. The molecule has 1 aromatic carbocycles. The van der Waals surface area contributed by atoms with Crippen molar-refractivity contribution in [1.82, 2.24) is 5.32 Å². The number of benzene rings is 1. The van der Waals surface area contributed by atoms with Crippen molar-refractivity contribution in [1.29, 1.82) is 0 Å². The van der Waals surface area contributed by atoms with Crippen molar-refractivity contribution in [2.24, 2.45) is 5.41 Å². The molecule has 22 heavy (non-hydrogen) atoms. The van der Waals surface area contributed by atoms with Crippen LogP contribution in [0.15, 0.2) is 18.2 Å². The number of hydrogen-bond donors (Lipinski definition) is 2. The van der Waals surface area contributed by atoms with Gasteiger partial charge in [-0.2, -0.15) is 0 Å². The molecule has 0 aromatic heterocycles. The van der Waals surface area contributed by atoms with Gasteiger partial charge in [0.05, 0.1) is 5.02 Å². The van der Waals surface area contributed by atoms with Crippen molar-refractivity contribution in [3.63, 3.8) is 0 Å². The summed E-state index contributed by atoms with van der Waals surface area (Å²) >= 11 is 11.9. The van der Waals surface area contributed by atoms with Crippen molar-refractivity contribution in [3.05, 3.63) is 28.2 Å². The summed E-state index contributed by atoms with van der Waals surface area (Å²) in [4.78, 5) is 12.0. The summed E-state index contributed by atoms with van der Waals surface area (Å²) in [6.07, 6.45) is 0.963. The summed E-state index contributed by atoms with van der Waals surface area (Å²) in [5, 5.41) is 12.7. The molecule has 0 aliphatic carbocycles. The minimum absolute atomic E-state index is 0.124. The highest BCUT2D eigenvalue weighted by atomic mass is 35.5. The lowest BCUT2D eigenvalue weighted by molar-refractivity contribution is -0.127. The van der Waals surface area contributed by atoms with E-state index in [1.165, 1.54) is 0 Å². The Balaban J connectivity index is 2.41. The highest BCUT2D eigenvalue weighted by Gasteiger charge is 2.18. The van der Waals surface area contributed by atoms with Crippen molar-refractivity contribution in [2.45, 2.75) is 39.7 Å². The number of halogens is 2. The lowest BCUT2D eigenvalue weighted by Crippen LogP contribution is -2.37. The molecule has 0 fully saturated rings. The van der Waals surface area contributed by atoms with E-state index in [4.69, 9.17) is 27.9 Å². The zero-order chi connectivity index (χ0) is 16.8. The molecule has 0 aliphatic heterocycles. The van der Waals surface area contributed by atoms with Gasteiger partial charge in [0.2, 0.25) is 0 Å². The largest absolute Gasteiger partial charge is 0.479 e. The second kappa shape index (κ2) is 8.61. The predicted octanol–water partition coefficient (Wildman–Crippen LogP) is 3.68. The average molecular weight is 348 g/mol. The minimum Gasteiger partial charge on any atom is -0.479 e. The summed E-state index contributed by atoms with van der Waals surface area (Å²) < 4.78 is 5.54. The fraction of sp³-hybridized carbons (Fsp3) is 0.562. The lowest BCUT2D eigenvalue weighted by Gasteiger charge is -2.21. The van der Waals surface area contributed by atoms with E-state index in [0.29, 0.717) is 22.3 Å². The van der Waals surface area contributed by atoms with Crippen LogP contribution in [-0.4, -0.2) is 30.3 Å². The molecule has 124 valence electrons. The van der Waals surface area contributed by atoms with Gasteiger partial charge in [0.1, 0.15) is 10.8 Å². The second-order valence-electron chi connectivity index (χ2n) is 6.03. The molecule has 4 nitrogen and oxygen atoms in total.